The van der Waals surface area contributed by atoms with Crippen molar-refractivity contribution in [3.63, 3.8) is 0 Å². The topological polar surface area (TPSA) is 71.7 Å². The average molecular weight is 294 g/mol. The molecule has 2 aliphatic rings. The molecule has 21 heavy (non-hydrogen) atoms. The molecule has 0 amide bonds. The summed E-state index contributed by atoms with van der Waals surface area (Å²) in [6.45, 7) is 5.08. The number of aryl methyl sites for hydroxylation is 1. The van der Waals surface area contributed by atoms with E-state index in [2.05, 4.69) is 27.0 Å². The third kappa shape index (κ3) is 3.08. The number of nitrogens with zero attached hydrogens (tertiary/aromatic N) is 4. The summed E-state index contributed by atoms with van der Waals surface area (Å²) in [5.74, 6) is 1.34. The number of esters is 1. The summed E-state index contributed by atoms with van der Waals surface area (Å²) in [6.07, 6.45) is 2.64. The van der Waals surface area contributed by atoms with Crippen LogP contribution in [0.25, 0.3) is 0 Å². The van der Waals surface area contributed by atoms with Gasteiger partial charge in [0.1, 0.15) is 6.04 Å². The molecule has 0 N–H and O–H groups in total. The summed E-state index contributed by atoms with van der Waals surface area (Å²) in [6, 6.07) is 0.377. The van der Waals surface area contributed by atoms with Crippen LogP contribution in [0.1, 0.15) is 31.5 Å². The summed E-state index contributed by atoms with van der Waals surface area (Å²) in [5, 5.41) is 3.99. The molecule has 0 radical (unpaired) electrons. The van der Waals surface area contributed by atoms with Gasteiger partial charge in [0.15, 0.2) is 5.82 Å². The van der Waals surface area contributed by atoms with Crippen molar-refractivity contribution in [2.45, 2.75) is 44.8 Å². The van der Waals surface area contributed by atoms with Gasteiger partial charge in [-0.05, 0) is 13.5 Å². The summed E-state index contributed by atoms with van der Waals surface area (Å²) >= 11 is 0. The van der Waals surface area contributed by atoms with Crippen LogP contribution in [0.2, 0.25) is 0 Å². The molecule has 7 nitrogen and oxygen atoms in total. The Morgan fingerprint density at radius 2 is 2.29 bits per heavy atom. The fourth-order valence-electron chi connectivity index (χ4n) is 3.08. The van der Waals surface area contributed by atoms with Gasteiger partial charge >= 0.3 is 5.97 Å². The second kappa shape index (κ2) is 6.11. The number of likely N-dealkylation sites (N-methyl/N-ethyl adjacent to an activating group) is 1. The molecule has 0 saturated carbocycles. The van der Waals surface area contributed by atoms with Crippen molar-refractivity contribution in [3.8, 4) is 0 Å². The Morgan fingerprint density at radius 3 is 2.95 bits per heavy atom. The van der Waals surface area contributed by atoms with E-state index in [1.54, 1.807) is 0 Å². The van der Waals surface area contributed by atoms with Crippen LogP contribution in [0, 0.1) is 0 Å². The van der Waals surface area contributed by atoms with Crippen LogP contribution in [-0.4, -0.2) is 64.7 Å². The number of ether oxygens (including phenoxy) is 1. The Balaban J connectivity index is 1.54. The maximum Gasteiger partial charge on any atom is 0.323 e. The number of hydrogen-bond donors (Lipinski definition) is 0. The Bertz CT molecular complexity index is 504. The molecular weight excluding hydrogens is 272 g/mol. The highest BCUT2D eigenvalue weighted by molar-refractivity contribution is 5.77. The van der Waals surface area contributed by atoms with E-state index in [4.69, 9.17) is 9.26 Å². The van der Waals surface area contributed by atoms with Gasteiger partial charge < -0.3 is 9.26 Å². The monoisotopic (exact) mass is 294 g/mol. The smallest absolute Gasteiger partial charge is 0.323 e. The second-order valence-corrected chi connectivity index (χ2v) is 5.78. The fourth-order valence-corrected chi connectivity index (χ4v) is 3.08. The van der Waals surface area contributed by atoms with E-state index in [0.717, 1.165) is 38.2 Å². The van der Waals surface area contributed by atoms with Gasteiger partial charge in [-0.2, -0.15) is 4.98 Å². The van der Waals surface area contributed by atoms with E-state index in [1.165, 1.54) is 0 Å². The Hall–Kier alpha value is -1.47. The lowest BCUT2D eigenvalue weighted by Gasteiger charge is -2.24. The lowest BCUT2D eigenvalue weighted by molar-refractivity contribution is -0.142. The van der Waals surface area contributed by atoms with Gasteiger partial charge in [0.05, 0.1) is 13.2 Å². The van der Waals surface area contributed by atoms with Gasteiger partial charge in [-0.25, -0.2) is 0 Å². The third-order valence-electron chi connectivity index (χ3n) is 4.37. The van der Waals surface area contributed by atoms with Crippen LogP contribution >= 0.6 is 0 Å². The normalized spacial score (nSPS) is 26.7. The van der Waals surface area contributed by atoms with Crippen molar-refractivity contribution in [2.24, 2.45) is 0 Å². The molecule has 2 aliphatic heterocycles. The highest BCUT2D eigenvalue weighted by atomic mass is 16.5. The second-order valence-electron chi connectivity index (χ2n) is 5.78. The SMILES string of the molecule is CCc1nc(CN(C)[C@H]2CCN([C@H]3CCOC3=O)C2)no1. The Labute approximate surface area is 124 Å². The molecule has 0 spiro atoms. The van der Waals surface area contributed by atoms with Gasteiger partial charge in [0, 0.05) is 32.0 Å². The minimum absolute atomic E-state index is 0.0414. The Morgan fingerprint density at radius 1 is 1.43 bits per heavy atom. The van der Waals surface area contributed by atoms with Crippen molar-refractivity contribution in [3.05, 3.63) is 11.7 Å². The number of hydrogen-bond acceptors (Lipinski definition) is 7. The zero-order chi connectivity index (χ0) is 14.8. The Kier molecular flexibility index (Phi) is 4.21. The van der Waals surface area contributed by atoms with Crippen LogP contribution < -0.4 is 0 Å². The molecule has 3 heterocycles. The van der Waals surface area contributed by atoms with E-state index in [9.17, 15) is 4.79 Å². The number of rotatable bonds is 5. The fraction of sp³-hybridized carbons (Fsp3) is 0.786. The first-order valence-electron chi connectivity index (χ1n) is 7.59. The first kappa shape index (κ1) is 14.5. The molecule has 0 aliphatic carbocycles. The molecule has 2 saturated heterocycles. The van der Waals surface area contributed by atoms with Gasteiger partial charge in [0.2, 0.25) is 5.89 Å². The van der Waals surface area contributed by atoms with Crippen molar-refractivity contribution < 1.29 is 14.1 Å². The standard InChI is InChI=1S/C14H22N4O3/c1-3-13-15-12(16-21-13)9-17(2)10-4-6-18(8-10)11-5-7-20-14(11)19/h10-11H,3-9H2,1-2H3/t10-,11-/m0/s1. The van der Waals surface area contributed by atoms with Gasteiger partial charge in [0.25, 0.3) is 0 Å². The first-order valence-corrected chi connectivity index (χ1v) is 7.59. The van der Waals surface area contributed by atoms with Crippen molar-refractivity contribution >= 4 is 5.97 Å². The molecule has 0 bridgehead atoms. The number of carbonyl (C=O) groups excluding carboxylic acids is 1. The molecule has 1 aromatic rings. The number of cyclic esters (lactones) is 1. The predicted molar refractivity (Wildman–Crippen MR) is 74.5 cm³/mol. The summed E-state index contributed by atoms with van der Waals surface area (Å²) in [7, 11) is 2.07. The minimum Gasteiger partial charge on any atom is -0.464 e. The summed E-state index contributed by atoms with van der Waals surface area (Å²) in [5.41, 5.74) is 0. The van der Waals surface area contributed by atoms with Crippen LogP contribution in [0.3, 0.4) is 0 Å². The highest BCUT2D eigenvalue weighted by Crippen LogP contribution is 2.22. The van der Waals surface area contributed by atoms with Crippen LogP contribution in [-0.2, 0) is 22.5 Å². The van der Waals surface area contributed by atoms with E-state index in [-0.39, 0.29) is 12.0 Å². The first-order chi connectivity index (χ1) is 10.2. The molecule has 2 atom stereocenters. The van der Waals surface area contributed by atoms with Crippen molar-refractivity contribution in [1.82, 2.24) is 19.9 Å². The average Bonchev–Trinajstić information content (AvgIpc) is 3.17. The van der Waals surface area contributed by atoms with Crippen molar-refractivity contribution in [1.29, 1.82) is 0 Å². The van der Waals surface area contributed by atoms with E-state index < -0.39 is 0 Å². The summed E-state index contributed by atoms with van der Waals surface area (Å²) < 4.78 is 10.2. The number of aromatic nitrogens is 2. The lowest BCUT2D eigenvalue weighted by Crippen LogP contribution is -2.40. The third-order valence-corrected chi connectivity index (χ3v) is 4.37. The van der Waals surface area contributed by atoms with Crippen molar-refractivity contribution in [2.75, 3.05) is 26.7 Å². The number of carbonyl (C=O) groups is 1. The molecular formula is C14H22N4O3. The maximum atomic E-state index is 11.7. The van der Waals surface area contributed by atoms with Crippen LogP contribution in [0.4, 0.5) is 0 Å². The number of likely N-dealkylation sites (tertiary alicyclic amines) is 1. The molecule has 1 aromatic heterocycles. The minimum atomic E-state index is -0.0657. The zero-order valence-corrected chi connectivity index (χ0v) is 12.6. The van der Waals surface area contributed by atoms with Crippen LogP contribution in [0.5, 0.6) is 0 Å². The van der Waals surface area contributed by atoms with Gasteiger partial charge in [-0.15, -0.1) is 0 Å². The van der Waals surface area contributed by atoms with E-state index in [0.29, 0.717) is 25.1 Å². The predicted octanol–water partition coefficient (Wildman–Crippen LogP) is 0.454. The quantitative estimate of drug-likeness (QED) is 0.730. The van der Waals surface area contributed by atoms with E-state index >= 15 is 0 Å². The van der Waals surface area contributed by atoms with E-state index in [1.807, 2.05) is 6.92 Å². The zero-order valence-electron chi connectivity index (χ0n) is 12.6. The highest BCUT2D eigenvalue weighted by Gasteiger charge is 2.37. The molecule has 0 aromatic carbocycles. The molecule has 116 valence electrons. The summed E-state index contributed by atoms with van der Waals surface area (Å²) in [4.78, 5) is 20.5. The largest absolute Gasteiger partial charge is 0.464 e. The van der Waals surface area contributed by atoms with Crippen LogP contribution in [0.15, 0.2) is 4.52 Å². The maximum absolute atomic E-state index is 11.7. The van der Waals surface area contributed by atoms with Gasteiger partial charge in [-0.1, -0.05) is 12.1 Å². The molecule has 7 heteroatoms. The molecule has 2 fully saturated rings. The lowest BCUT2D eigenvalue weighted by atomic mass is 10.2. The molecule has 0 unspecified atom stereocenters. The molecule has 3 rings (SSSR count). The van der Waals surface area contributed by atoms with Gasteiger partial charge in [-0.3, -0.25) is 14.6 Å².